The lowest BCUT2D eigenvalue weighted by molar-refractivity contribution is -0.117. The van der Waals surface area contributed by atoms with Gasteiger partial charge < -0.3 is 5.73 Å². The standard InChI is InChI=1S/C12H12N2OS/c1-2-4-8-5-3-6-9-12(8)14-11(16-9)7-10(13)15/h2-3,5-6H,1,4,7H2,(H2,13,15). The molecule has 0 spiro atoms. The van der Waals surface area contributed by atoms with Gasteiger partial charge in [-0.15, -0.1) is 17.9 Å². The maximum atomic E-state index is 10.8. The Morgan fingerprint density at radius 2 is 2.38 bits per heavy atom. The highest BCUT2D eigenvalue weighted by Crippen LogP contribution is 2.25. The first-order valence-corrected chi connectivity index (χ1v) is 5.79. The molecule has 0 atom stereocenters. The second kappa shape index (κ2) is 4.45. The molecule has 0 bridgehead atoms. The molecule has 0 saturated heterocycles. The number of fused-ring (bicyclic) bond motifs is 1. The van der Waals surface area contributed by atoms with Gasteiger partial charge >= 0.3 is 0 Å². The van der Waals surface area contributed by atoms with Gasteiger partial charge in [0.15, 0.2) is 0 Å². The van der Waals surface area contributed by atoms with Crippen LogP contribution in [-0.4, -0.2) is 10.9 Å². The van der Waals surface area contributed by atoms with E-state index in [2.05, 4.69) is 11.6 Å². The van der Waals surface area contributed by atoms with Crippen molar-refractivity contribution in [1.29, 1.82) is 0 Å². The second-order valence-corrected chi connectivity index (χ2v) is 4.62. The van der Waals surface area contributed by atoms with Crippen molar-refractivity contribution < 1.29 is 4.79 Å². The molecular formula is C12H12N2OS. The van der Waals surface area contributed by atoms with Crippen LogP contribution in [0.4, 0.5) is 0 Å². The van der Waals surface area contributed by atoms with Gasteiger partial charge in [-0.3, -0.25) is 4.79 Å². The fraction of sp³-hybridized carbons (Fsp3) is 0.167. The zero-order valence-electron chi connectivity index (χ0n) is 8.77. The van der Waals surface area contributed by atoms with Crippen molar-refractivity contribution >= 4 is 27.5 Å². The minimum absolute atomic E-state index is 0.215. The summed E-state index contributed by atoms with van der Waals surface area (Å²) in [5.74, 6) is -0.343. The Morgan fingerprint density at radius 1 is 1.56 bits per heavy atom. The first kappa shape index (κ1) is 10.8. The SMILES string of the molecule is C=CCc1cccc2sc(CC(N)=O)nc12. The molecule has 16 heavy (non-hydrogen) atoms. The average Bonchev–Trinajstić information content (AvgIpc) is 2.60. The number of allylic oxidation sites excluding steroid dienone is 1. The van der Waals surface area contributed by atoms with E-state index in [4.69, 9.17) is 5.73 Å². The van der Waals surface area contributed by atoms with Crippen LogP contribution in [0.3, 0.4) is 0 Å². The highest BCUT2D eigenvalue weighted by atomic mass is 32.1. The van der Waals surface area contributed by atoms with E-state index < -0.39 is 0 Å². The number of amides is 1. The summed E-state index contributed by atoms with van der Waals surface area (Å²) in [6.07, 6.45) is 2.85. The van der Waals surface area contributed by atoms with Gasteiger partial charge in [-0.05, 0) is 18.1 Å². The predicted octanol–water partition coefficient (Wildman–Crippen LogP) is 2.05. The smallest absolute Gasteiger partial charge is 0.224 e. The summed E-state index contributed by atoms with van der Waals surface area (Å²) in [6, 6.07) is 6.02. The predicted molar refractivity (Wildman–Crippen MR) is 66.4 cm³/mol. The number of primary amides is 1. The van der Waals surface area contributed by atoms with Crippen molar-refractivity contribution in [3.8, 4) is 0 Å². The van der Waals surface area contributed by atoms with Gasteiger partial charge in [0.1, 0.15) is 5.01 Å². The van der Waals surface area contributed by atoms with Crippen LogP contribution < -0.4 is 5.73 Å². The van der Waals surface area contributed by atoms with Crippen LogP contribution in [-0.2, 0) is 17.6 Å². The van der Waals surface area contributed by atoms with Gasteiger partial charge in [-0.1, -0.05) is 18.2 Å². The molecule has 82 valence electrons. The number of carbonyl (C=O) groups is 1. The number of rotatable bonds is 4. The average molecular weight is 232 g/mol. The quantitative estimate of drug-likeness (QED) is 0.820. The van der Waals surface area contributed by atoms with Gasteiger partial charge in [0.05, 0.1) is 16.6 Å². The summed E-state index contributed by atoms with van der Waals surface area (Å²) in [6.45, 7) is 3.72. The number of para-hydroxylation sites is 1. The van der Waals surface area contributed by atoms with Crippen molar-refractivity contribution in [2.45, 2.75) is 12.8 Å². The lowest BCUT2D eigenvalue weighted by atomic mass is 10.1. The summed E-state index contributed by atoms with van der Waals surface area (Å²) in [5, 5.41) is 0.777. The van der Waals surface area contributed by atoms with E-state index in [1.54, 1.807) is 0 Å². The summed E-state index contributed by atoms with van der Waals surface area (Å²) < 4.78 is 1.09. The van der Waals surface area contributed by atoms with Crippen LogP contribution in [0.1, 0.15) is 10.6 Å². The third-order valence-electron chi connectivity index (χ3n) is 2.24. The monoisotopic (exact) mass is 232 g/mol. The van der Waals surface area contributed by atoms with E-state index >= 15 is 0 Å². The third kappa shape index (κ3) is 2.12. The highest BCUT2D eigenvalue weighted by molar-refractivity contribution is 7.18. The van der Waals surface area contributed by atoms with Crippen molar-refractivity contribution in [1.82, 2.24) is 4.98 Å². The number of hydrogen-bond donors (Lipinski definition) is 1. The minimum Gasteiger partial charge on any atom is -0.369 e. The molecule has 0 aliphatic carbocycles. The zero-order valence-corrected chi connectivity index (χ0v) is 9.59. The number of nitrogens with zero attached hydrogens (tertiary/aromatic N) is 1. The lowest BCUT2D eigenvalue weighted by Crippen LogP contribution is -2.13. The number of hydrogen-bond acceptors (Lipinski definition) is 3. The Balaban J connectivity index is 2.47. The molecule has 0 radical (unpaired) electrons. The molecule has 1 aromatic carbocycles. The normalized spacial score (nSPS) is 10.5. The summed E-state index contributed by atoms with van der Waals surface area (Å²) in [5.41, 5.74) is 7.25. The second-order valence-electron chi connectivity index (χ2n) is 3.51. The molecular weight excluding hydrogens is 220 g/mol. The molecule has 2 aromatic rings. The zero-order chi connectivity index (χ0) is 11.5. The highest BCUT2D eigenvalue weighted by Gasteiger charge is 2.08. The van der Waals surface area contributed by atoms with Crippen LogP contribution >= 0.6 is 11.3 Å². The van der Waals surface area contributed by atoms with Crippen LogP contribution in [0.5, 0.6) is 0 Å². The van der Waals surface area contributed by atoms with Gasteiger partial charge in [0.25, 0.3) is 0 Å². The Labute approximate surface area is 97.6 Å². The fourth-order valence-electron chi connectivity index (χ4n) is 1.60. The molecule has 2 N–H and O–H groups in total. The molecule has 0 fully saturated rings. The molecule has 0 saturated carbocycles. The number of nitrogens with two attached hydrogens (primary N) is 1. The van der Waals surface area contributed by atoms with Crippen molar-refractivity contribution in [3.05, 3.63) is 41.4 Å². The van der Waals surface area contributed by atoms with E-state index in [-0.39, 0.29) is 12.3 Å². The van der Waals surface area contributed by atoms with E-state index in [1.165, 1.54) is 11.3 Å². The van der Waals surface area contributed by atoms with Gasteiger partial charge in [0.2, 0.25) is 5.91 Å². The first-order valence-electron chi connectivity index (χ1n) is 4.97. The molecule has 0 aliphatic heterocycles. The van der Waals surface area contributed by atoms with Crippen LogP contribution in [0, 0.1) is 0 Å². The number of carbonyl (C=O) groups excluding carboxylic acids is 1. The molecule has 0 unspecified atom stereocenters. The van der Waals surface area contributed by atoms with Crippen LogP contribution in [0.2, 0.25) is 0 Å². The van der Waals surface area contributed by atoms with E-state index in [0.29, 0.717) is 0 Å². The summed E-state index contributed by atoms with van der Waals surface area (Å²) >= 11 is 1.52. The van der Waals surface area contributed by atoms with Crippen molar-refractivity contribution in [3.63, 3.8) is 0 Å². The molecule has 1 amide bonds. The maximum Gasteiger partial charge on any atom is 0.224 e. The Hall–Kier alpha value is -1.68. The Kier molecular flexibility index (Phi) is 3.01. The van der Waals surface area contributed by atoms with E-state index in [0.717, 1.165) is 27.2 Å². The summed E-state index contributed by atoms with van der Waals surface area (Å²) in [7, 11) is 0. The number of thiazole rings is 1. The minimum atomic E-state index is -0.343. The number of aromatic nitrogens is 1. The molecule has 4 heteroatoms. The Morgan fingerprint density at radius 3 is 3.06 bits per heavy atom. The third-order valence-corrected chi connectivity index (χ3v) is 3.26. The van der Waals surface area contributed by atoms with Gasteiger partial charge in [0, 0.05) is 0 Å². The van der Waals surface area contributed by atoms with E-state index in [9.17, 15) is 4.79 Å². The molecule has 1 aromatic heterocycles. The fourth-order valence-corrected chi connectivity index (χ4v) is 2.62. The van der Waals surface area contributed by atoms with Crippen LogP contribution in [0.15, 0.2) is 30.9 Å². The topological polar surface area (TPSA) is 56.0 Å². The lowest BCUT2D eigenvalue weighted by Gasteiger charge is -1.96. The van der Waals surface area contributed by atoms with Gasteiger partial charge in [-0.2, -0.15) is 0 Å². The molecule has 0 aliphatic rings. The number of benzene rings is 1. The van der Waals surface area contributed by atoms with Crippen LogP contribution in [0.25, 0.3) is 10.2 Å². The summed E-state index contributed by atoms with van der Waals surface area (Å²) in [4.78, 5) is 15.3. The first-order chi connectivity index (χ1) is 7.70. The van der Waals surface area contributed by atoms with Gasteiger partial charge in [-0.25, -0.2) is 4.98 Å². The maximum absolute atomic E-state index is 10.8. The molecule has 2 rings (SSSR count). The largest absolute Gasteiger partial charge is 0.369 e. The Bertz CT molecular complexity index is 545. The molecule has 3 nitrogen and oxygen atoms in total. The van der Waals surface area contributed by atoms with E-state index in [1.807, 2.05) is 24.3 Å². The van der Waals surface area contributed by atoms with Crippen molar-refractivity contribution in [2.24, 2.45) is 5.73 Å². The molecule has 1 heterocycles. The van der Waals surface area contributed by atoms with Crippen molar-refractivity contribution in [2.75, 3.05) is 0 Å².